The minimum atomic E-state index is -0.683. The lowest BCUT2D eigenvalue weighted by molar-refractivity contribution is -0.884. The molecule has 0 spiro atoms. The number of thiophene rings is 1. The SMILES string of the molecule is CC1CCC(C(=O)N(c2cc(C3=CCCCC3)sc2C(=O)OCOC(=O)C(C)(C)C)C2CC[NH+](C)CC2)CC1. The summed E-state index contributed by atoms with van der Waals surface area (Å²) in [5.41, 5.74) is 1.25. The van der Waals surface area contributed by atoms with Crippen LogP contribution in [0.3, 0.4) is 0 Å². The number of rotatable bonds is 7. The maximum absolute atomic E-state index is 14.2. The molecule has 1 N–H and O–H groups in total. The first-order valence-corrected chi connectivity index (χ1v) is 15.7. The second-order valence-electron chi connectivity index (χ2n) is 12.9. The quantitative estimate of drug-likeness (QED) is 0.365. The smallest absolute Gasteiger partial charge is 0.353 e. The Hall–Kier alpha value is -2.19. The largest absolute Gasteiger partial charge is 0.427 e. The molecule has 7 nitrogen and oxygen atoms in total. The van der Waals surface area contributed by atoms with E-state index in [1.165, 1.54) is 28.2 Å². The van der Waals surface area contributed by atoms with E-state index < -0.39 is 24.1 Å². The van der Waals surface area contributed by atoms with E-state index in [2.05, 4.69) is 26.1 Å². The minimum absolute atomic E-state index is 0.0120. The molecule has 0 aromatic carbocycles. The van der Waals surface area contributed by atoms with E-state index in [1.807, 2.05) is 4.90 Å². The molecule has 1 aromatic heterocycles. The highest BCUT2D eigenvalue weighted by Crippen LogP contribution is 2.41. The van der Waals surface area contributed by atoms with E-state index in [4.69, 9.17) is 9.47 Å². The van der Waals surface area contributed by atoms with Gasteiger partial charge in [-0.2, -0.15) is 0 Å². The van der Waals surface area contributed by atoms with Crippen molar-refractivity contribution in [3.05, 3.63) is 21.9 Å². The number of carbonyl (C=O) groups is 3. The van der Waals surface area contributed by atoms with Crippen molar-refractivity contribution in [3.8, 4) is 0 Å². The molecule has 216 valence electrons. The predicted octanol–water partition coefficient (Wildman–Crippen LogP) is 5.25. The van der Waals surface area contributed by atoms with Crippen molar-refractivity contribution >= 4 is 40.4 Å². The van der Waals surface area contributed by atoms with Gasteiger partial charge in [0, 0.05) is 29.7 Å². The van der Waals surface area contributed by atoms with E-state index in [0.29, 0.717) is 16.5 Å². The van der Waals surface area contributed by atoms with Crippen LogP contribution in [-0.4, -0.2) is 50.8 Å². The van der Waals surface area contributed by atoms with Gasteiger partial charge in [0.25, 0.3) is 0 Å². The van der Waals surface area contributed by atoms with Crippen molar-refractivity contribution in [1.29, 1.82) is 0 Å². The molecule has 1 aromatic rings. The molecule has 3 aliphatic rings. The maximum Gasteiger partial charge on any atom is 0.353 e. The Morgan fingerprint density at radius 3 is 2.33 bits per heavy atom. The third-order valence-electron chi connectivity index (χ3n) is 8.53. The van der Waals surface area contributed by atoms with E-state index >= 15 is 0 Å². The standard InChI is InChI=1S/C31H46N2O5S/c1-21-11-13-23(14-12-21)28(34)33(24-15-17-32(5)18-16-24)25-19-26(22-9-7-6-8-10-22)39-27(25)29(35)37-20-38-30(36)31(2,3)4/h9,19,21,23-24H,6-8,10-18,20H2,1-5H3/p+1. The Labute approximate surface area is 237 Å². The third kappa shape index (κ3) is 7.51. The van der Waals surface area contributed by atoms with E-state index in [1.54, 1.807) is 20.8 Å². The Balaban J connectivity index is 1.66. The number of hydrogen-bond acceptors (Lipinski definition) is 6. The third-order valence-corrected chi connectivity index (χ3v) is 9.71. The van der Waals surface area contributed by atoms with Gasteiger partial charge in [0.1, 0.15) is 4.88 Å². The Bertz CT molecular complexity index is 1060. The summed E-state index contributed by atoms with van der Waals surface area (Å²) in [6.45, 7) is 9.12. The number of allylic oxidation sites excluding steroid dienone is 2. The van der Waals surface area contributed by atoms with Gasteiger partial charge in [0.15, 0.2) is 0 Å². The van der Waals surface area contributed by atoms with Crippen LogP contribution in [0, 0.1) is 17.3 Å². The highest BCUT2D eigenvalue weighted by Gasteiger charge is 2.38. The lowest BCUT2D eigenvalue weighted by Gasteiger charge is -2.38. The molecule has 1 aliphatic heterocycles. The molecule has 0 radical (unpaired) electrons. The van der Waals surface area contributed by atoms with Crippen LogP contribution in [0.1, 0.15) is 106 Å². The number of nitrogens with zero attached hydrogens (tertiary/aromatic N) is 1. The fourth-order valence-electron chi connectivity index (χ4n) is 5.90. The monoisotopic (exact) mass is 559 g/mol. The summed E-state index contributed by atoms with van der Waals surface area (Å²) in [6, 6.07) is 2.13. The van der Waals surface area contributed by atoms with Gasteiger partial charge in [0.2, 0.25) is 12.7 Å². The van der Waals surface area contributed by atoms with Crippen molar-refractivity contribution in [2.75, 3.05) is 31.8 Å². The van der Waals surface area contributed by atoms with E-state index in [9.17, 15) is 14.4 Å². The van der Waals surface area contributed by atoms with E-state index in [-0.39, 0.29) is 17.9 Å². The number of quaternary nitrogens is 1. The molecule has 8 heteroatoms. The molecule has 2 aliphatic carbocycles. The summed E-state index contributed by atoms with van der Waals surface area (Å²) in [7, 11) is 2.20. The number of amides is 1. The second-order valence-corrected chi connectivity index (χ2v) is 13.9. The Kier molecular flexibility index (Phi) is 9.92. The van der Waals surface area contributed by atoms with Crippen LogP contribution < -0.4 is 9.80 Å². The molecule has 39 heavy (non-hydrogen) atoms. The van der Waals surface area contributed by atoms with Gasteiger partial charge >= 0.3 is 11.9 Å². The van der Waals surface area contributed by atoms with Crippen molar-refractivity contribution in [1.82, 2.24) is 0 Å². The lowest BCUT2D eigenvalue weighted by Crippen LogP contribution is -3.10. The number of carbonyl (C=O) groups excluding carboxylic acids is 3. The first-order chi connectivity index (χ1) is 18.5. The minimum Gasteiger partial charge on any atom is -0.427 e. The molecule has 1 saturated carbocycles. The fraction of sp³-hybridized carbons (Fsp3) is 0.710. The molecule has 0 bridgehead atoms. The molecule has 0 atom stereocenters. The molecule has 2 fully saturated rings. The van der Waals surface area contributed by atoms with Crippen LogP contribution in [-0.2, 0) is 19.1 Å². The molecule has 1 saturated heterocycles. The number of anilines is 1. The summed E-state index contributed by atoms with van der Waals surface area (Å²) in [6.07, 6.45) is 12.3. The van der Waals surface area contributed by atoms with Crippen LogP contribution in [0.25, 0.3) is 5.57 Å². The zero-order valence-electron chi connectivity index (χ0n) is 24.5. The van der Waals surface area contributed by atoms with Gasteiger partial charge in [0.05, 0.1) is 31.2 Å². The number of likely N-dealkylation sites (tertiary alicyclic amines) is 1. The number of piperidine rings is 1. The van der Waals surface area contributed by atoms with Gasteiger partial charge in [-0.1, -0.05) is 13.0 Å². The first-order valence-electron chi connectivity index (χ1n) is 14.9. The molecular weight excluding hydrogens is 512 g/mol. The van der Waals surface area contributed by atoms with E-state index in [0.717, 1.165) is 75.8 Å². The molecule has 1 amide bonds. The highest BCUT2D eigenvalue weighted by atomic mass is 32.1. The molecular formula is C31H47N2O5S+. The summed E-state index contributed by atoms with van der Waals surface area (Å²) in [5.74, 6) is -0.162. The molecule has 0 unspecified atom stereocenters. The van der Waals surface area contributed by atoms with Crippen LogP contribution in [0.15, 0.2) is 12.1 Å². The average Bonchev–Trinajstić information content (AvgIpc) is 3.35. The Morgan fingerprint density at radius 1 is 1.03 bits per heavy atom. The van der Waals surface area contributed by atoms with Crippen LogP contribution in [0.4, 0.5) is 5.69 Å². The van der Waals surface area contributed by atoms with Crippen molar-refractivity contribution in [2.24, 2.45) is 17.3 Å². The van der Waals surface area contributed by atoms with Gasteiger partial charge in [-0.05, 0) is 89.7 Å². The zero-order chi connectivity index (χ0) is 28.2. The number of ether oxygens (including phenoxy) is 2. The lowest BCUT2D eigenvalue weighted by atomic mass is 9.82. The van der Waals surface area contributed by atoms with Crippen molar-refractivity contribution < 1.29 is 28.8 Å². The van der Waals surface area contributed by atoms with Crippen molar-refractivity contribution in [3.63, 3.8) is 0 Å². The van der Waals surface area contributed by atoms with Crippen LogP contribution >= 0.6 is 11.3 Å². The van der Waals surface area contributed by atoms with Crippen LogP contribution in [0.5, 0.6) is 0 Å². The topological polar surface area (TPSA) is 77.3 Å². The zero-order valence-corrected chi connectivity index (χ0v) is 25.3. The Morgan fingerprint density at radius 2 is 1.72 bits per heavy atom. The number of esters is 2. The van der Waals surface area contributed by atoms with Crippen LogP contribution in [0.2, 0.25) is 0 Å². The average molecular weight is 560 g/mol. The predicted molar refractivity (Wildman–Crippen MR) is 155 cm³/mol. The summed E-state index contributed by atoms with van der Waals surface area (Å²) >= 11 is 1.41. The van der Waals surface area contributed by atoms with Gasteiger partial charge in [-0.25, -0.2) is 4.79 Å². The highest BCUT2D eigenvalue weighted by molar-refractivity contribution is 7.15. The number of hydrogen-bond donors (Lipinski definition) is 1. The van der Waals surface area contributed by atoms with Gasteiger partial charge in [-0.15, -0.1) is 11.3 Å². The first kappa shape index (κ1) is 29.8. The second kappa shape index (κ2) is 13.0. The summed E-state index contributed by atoms with van der Waals surface area (Å²) in [4.78, 5) is 44.9. The molecule has 2 heterocycles. The van der Waals surface area contributed by atoms with Gasteiger partial charge < -0.3 is 19.3 Å². The molecule has 4 rings (SSSR count). The van der Waals surface area contributed by atoms with Crippen molar-refractivity contribution in [2.45, 2.75) is 97.9 Å². The van der Waals surface area contributed by atoms with Gasteiger partial charge in [-0.3, -0.25) is 9.59 Å². The maximum atomic E-state index is 14.2. The normalized spacial score (nSPS) is 25.9. The number of nitrogens with one attached hydrogen (secondary N) is 1. The summed E-state index contributed by atoms with van der Waals surface area (Å²) in [5, 5.41) is 0. The summed E-state index contributed by atoms with van der Waals surface area (Å²) < 4.78 is 10.7. The fourth-order valence-corrected chi connectivity index (χ4v) is 7.01.